The normalized spacial score (nSPS) is 14.8. The zero-order valence-corrected chi connectivity index (χ0v) is 16.3. The van der Waals surface area contributed by atoms with Gasteiger partial charge in [0, 0.05) is 22.6 Å². The van der Waals surface area contributed by atoms with Crippen LogP contribution in [-0.2, 0) is 33.6 Å². The maximum absolute atomic E-state index is 12.3. The minimum atomic E-state index is -0.399. The molecule has 5 nitrogen and oxygen atoms in total. The van der Waals surface area contributed by atoms with Crippen LogP contribution in [0, 0.1) is 0 Å². The summed E-state index contributed by atoms with van der Waals surface area (Å²) >= 11 is 1.43. The average molecular weight is 395 g/mol. The molecule has 1 aliphatic carbocycles. The molecule has 2 aromatic carbocycles. The molecule has 1 aliphatic heterocycles. The molecule has 1 N–H and O–H groups in total. The van der Waals surface area contributed by atoms with Gasteiger partial charge in [-0.3, -0.25) is 14.4 Å². The first kappa shape index (κ1) is 18.7. The summed E-state index contributed by atoms with van der Waals surface area (Å²) < 4.78 is 5.15. The van der Waals surface area contributed by atoms with E-state index in [0.29, 0.717) is 18.4 Å². The van der Waals surface area contributed by atoms with Gasteiger partial charge in [-0.05, 0) is 72.7 Å². The van der Waals surface area contributed by atoms with Crippen LogP contribution in [0.3, 0.4) is 0 Å². The molecule has 1 heterocycles. The number of nitrogens with one attached hydrogen (secondary N) is 1. The lowest BCUT2D eigenvalue weighted by molar-refractivity contribution is -0.139. The van der Waals surface area contributed by atoms with Gasteiger partial charge in [-0.15, -0.1) is 11.8 Å². The Morgan fingerprint density at radius 1 is 0.964 bits per heavy atom. The second kappa shape index (κ2) is 8.19. The van der Waals surface area contributed by atoms with Crippen molar-refractivity contribution in [2.24, 2.45) is 0 Å². The van der Waals surface area contributed by atoms with Gasteiger partial charge in [-0.1, -0.05) is 6.07 Å². The number of esters is 1. The molecular weight excluding hydrogens is 374 g/mol. The summed E-state index contributed by atoms with van der Waals surface area (Å²) in [5, 5.41) is 2.79. The summed E-state index contributed by atoms with van der Waals surface area (Å²) in [7, 11) is 0. The van der Waals surface area contributed by atoms with Crippen LogP contribution in [0.4, 0.5) is 5.69 Å². The molecule has 0 saturated heterocycles. The number of rotatable bonds is 6. The van der Waals surface area contributed by atoms with Gasteiger partial charge in [0.05, 0.1) is 5.75 Å². The summed E-state index contributed by atoms with van der Waals surface area (Å²) in [6.07, 6.45) is 4.47. The number of thioether (sulfide) groups is 1. The van der Waals surface area contributed by atoms with Crippen LogP contribution in [0.1, 0.15) is 39.9 Å². The maximum atomic E-state index is 12.3. The highest BCUT2D eigenvalue weighted by atomic mass is 32.2. The zero-order chi connectivity index (χ0) is 19.5. The molecule has 1 amide bonds. The van der Waals surface area contributed by atoms with E-state index in [-0.39, 0.29) is 24.1 Å². The molecule has 0 aromatic heterocycles. The van der Waals surface area contributed by atoms with E-state index in [4.69, 9.17) is 4.74 Å². The van der Waals surface area contributed by atoms with Crippen LogP contribution < -0.4 is 5.32 Å². The topological polar surface area (TPSA) is 72.5 Å². The fourth-order valence-corrected chi connectivity index (χ4v) is 4.37. The quantitative estimate of drug-likeness (QED) is 0.460. The van der Waals surface area contributed by atoms with Crippen LogP contribution in [-0.4, -0.2) is 30.0 Å². The summed E-state index contributed by atoms with van der Waals surface area (Å²) in [6, 6.07) is 11.5. The van der Waals surface area contributed by atoms with E-state index in [9.17, 15) is 14.4 Å². The van der Waals surface area contributed by atoms with Crippen molar-refractivity contribution < 1.29 is 19.1 Å². The van der Waals surface area contributed by atoms with Gasteiger partial charge < -0.3 is 10.1 Å². The first-order chi connectivity index (χ1) is 13.6. The third-order valence-corrected chi connectivity index (χ3v) is 6.08. The molecule has 0 spiro atoms. The Labute approximate surface area is 167 Å². The van der Waals surface area contributed by atoms with Crippen molar-refractivity contribution in [2.75, 3.05) is 17.7 Å². The van der Waals surface area contributed by atoms with Crippen molar-refractivity contribution in [2.45, 2.75) is 37.0 Å². The largest absolute Gasteiger partial charge is 0.457 e. The highest BCUT2D eigenvalue weighted by molar-refractivity contribution is 8.00. The standard InChI is InChI=1S/C22H21NO4S/c24-20(17-5-8-19-16(10-17)6-9-21(25)23-19)12-27-22(26)13-28-18-7-4-14-2-1-3-15(14)11-18/h4-5,7-8,10-11H,1-3,6,9,12-13H2,(H,23,25). The lowest BCUT2D eigenvalue weighted by Gasteiger charge is -2.17. The van der Waals surface area contributed by atoms with Crippen LogP contribution in [0.2, 0.25) is 0 Å². The monoisotopic (exact) mass is 395 g/mol. The van der Waals surface area contributed by atoms with Crippen molar-refractivity contribution >= 4 is 35.1 Å². The number of hydrogen-bond acceptors (Lipinski definition) is 5. The highest BCUT2D eigenvalue weighted by Crippen LogP contribution is 2.28. The van der Waals surface area contributed by atoms with Gasteiger partial charge in [-0.2, -0.15) is 0 Å². The first-order valence-electron chi connectivity index (χ1n) is 9.45. The number of ketones is 1. The molecule has 2 aromatic rings. The van der Waals surface area contributed by atoms with E-state index in [1.165, 1.54) is 29.3 Å². The fourth-order valence-electron chi connectivity index (χ4n) is 3.61. The van der Waals surface area contributed by atoms with Gasteiger partial charge in [-0.25, -0.2) is 0 Å². The fraction of sp³-hybridized carbons (Fsp3) is 0.318. The molecule has 28 heavy (non-hydrogen) atoms. The van der Waals surface area contributed by atoms with Crippen molar-refractivity contribution in [1.82, 2.24) is 0 Å². The third-order valence-electron chi connectivity index (χ3n) is 5.11. The zero-order valence-electron chi connectivity index (χ0n) is 15.5. The van der Waals surface area contributed by atoms with Gasteiger partial charge in [0.25, 0.3) is 0 Å². The maximum Gasteiger partial charge on any atom is 0.316 e. The minimum Gasteiger partial charge on any atom is -0.457 e. The summed E-state index contributed by atoms with van der Waals surface area (Å²) in [6.45, 7) is -0.269. The molecule has 0 atom stereocenters. The Hall–Kier alpha value is -2.60. The Morgan fingerprint density at radius 3 is 2.71 bits per heavy atom. The van der Waals surface area contributed by atoms with Crippen LogP contribution in [0.15, 0.2) is 41.3 Å². The lowest BCUT2D eigenvalue weighted by atomic mass is 9.99. The number of amides is 1. The van der Waals surface area contributed by atoms with Gasteiger partial charge >= 0.3 is 5.97 Å². The van der Waals surface area contributed by atoms with Crippen LogP contribution in [0.5, 0.6) is 0 Å². The molecule has 0 unspecified atom stereocenters. The second-order valence-electron chi connectivity index (χ2n) is 7.08. The molecule has 4 rings (SSSR count). The molecule has 0 fully saturated rings. The number of aryl methyl sites for hydroxylation is 3. The molecule has 0 saturated carbocycles. The molecule has 2 aliphatic rings. The summed E-state index contributed by atoms with van der Waals surface area (Å²) in [5.74, 6) is -0.469. The number of ether oxygens (including phenoxy) is 1. The Balaban J connectivity index is 1.27. The van der Waals surface area contributed by atoms with Crippen LogP contribution in [0.25, 0.3) is 0 Å². The summed E-state index contributed by atoms with van der Waals surface area (Å²) in [4.78, 5) is 36.8. The number of fused-ring (bicyclic) bond motifs is 2. The molecule has 0 bridgehead atoms. The van der Waals surface area contributed by atoms with Crippen molar-refractivity contribution in [1.29, 1.82) is 0 Å². The van der Waals surface area contributed by atoms with E-state index in [0.717, 1.165) is 29.0 Å². The number of carbonyl (C=O) groups is 3. The second-order valence-corrected chi connectivity index (χ2v) is 8.13. The van der Waals surface area contributed by atoms with Gasteiger partial charge in [0.1, 0.15) is 0 Å². The minimum absolute atomic E-state index is 0.0126. The van der Waals surface area contributed by atoms with E-state index < -0.39 is 5.97 Å². The van der Waals surface area contributed by atoms with E-state index in [2.05, 4.69) is 17.4 Å². The third kappa shape index (κ3) is 4.28. The smallest absolute Gasteiger partial charge is 0.316 e. The highest BCUT2D eigenvalue weighted by Gasteiger charge is 2.18. The lowest BCUT2D eigenvalue weighted by Crippen LogP contribution is -2.20. The number of anilines is 1. The number of hydrogen-bond donors (Lipinski definition) is 1. The van der Waals surface area contributed by atoms with Crippen molar-refractivity contribution in [3.8, 4) is 0 Å². The Bertz CT molecular complexity index is 954. The van der Waals surface area contributed by atoms with E-state index >= 15 is 0 Å². The predicted molar refractivity (Wildman–Crippen MR) is 108 cm³/mol. The Morgan fingerprint density at radius 2 is 1.82 bits per heavy atom. The molecule has 144 valence electrons. The summed E-state index contributed by atoms with van der Waals surface area (Å²) in [5.41, 5.74) is 4.95. The number of carbonyl (C=O) groups excluding carboxylic acids is 3. The molecule has 6 heteroatoms. The van der Waals surface area contributed by atoms with E-state index in [1.54, 1.807) is 18.2 Å². The average Bonchev–Trinajstić information content (AvgIpc) is 3.18. The van der Waals surface area contributed by atoms with Gasteiger partial charge in [0.2, 0.25) is 5.91 Å². The predicted octanol–water partition coefficient (Wildman–Crippen LogP) is 3.58. The van der Waals surface area contributed by atoms with Crippen molar-refractivity contribution in [3.05, 3.63) is 58.7 Å². The SMILES string of the molecule is O=C1CCc2cc(C(=O)COC(=O)CSc3ccc4c(c3)CCC4)ccc2N1. The molecule has 0 radical (unpaired) electrons. The van der Waals surface area contributed by atoms with Crippen LogP contribution >= 0.6 is 11.8 Å². The first-order valence-corrected chi connectivity index (χ1v) is 10.4. The van der Waals surface area contributed by atoms with E-state index in [1.807, 2.05) is 6.07 Å². The Kier molecular flexibility index (Phi) is 5.48. The number of Topliss-reactive ketones (excluding diaryl/α,β-unsaturated/α-hetero) is 1. The number of benzene rings is 2. The van der Waals surface area contributed by atoms with Crippen molar-refractivity contribution in [3.63, 3.8) is 0 Å². The van der Waals surface area contributed by atoms with Gasteiger partial charge in [0.15, 0.2) is 12.4 Å². The molecular formula is C22H21NO4S.